The highest BCUT2D eigenvalue weighted by molar-refractivity contribution is 6.11. The predicted octanol–water partition coefficient (Wildman–Crippen LogP) is 9.63. The van der Waals surface area contributed by atoms with E-state index < -0.39 is 0 Å². The molecule has 0 fully saturated rings. The summed E-state index contributed by atoms with van der Waals surface area (Å²) in [7, 11) is 0. The molecule has 3 aromatic heterocycles. The summed E-state index contributed by atoms with van der Waals surface area (Å²) in [5, 5.41) is 8.96. The summed E-state index contributed by atoms with van der Waals surface area (Å²) in [6, 6.07) is 43.8. The Morgan fingerprint density at radius 1 is 0.442 bits per heavy atom. The van der Waals surface area contributed by atoms with Crippen molar-refractivity contribution in [3.63, 3.8) is 0 Å². The first kappa shape index (κ1) is 23.7. The van der Waals surface area contributed by atoms with Gasteiger partial charge in [-0.05, 0) is 56.6 Å². The molecule has 6 aromatic carbocycles. The van der Waals surface area contributed by atoms with Crippen LogP contribution < -0.4 is 0 Å². The number of hydrogen-bond donors (Lipinski definition) is 0. The minimum atomic E-state index is 0.561. The average molecular weight is 551 g/mol. The molecule has 0 bridgehead atoms. The standard InChI is InChI=1S/C38H22N4O/c1-2-9-25-21-27(16-13-23(25)7-1)35-40-36(28-17-18-30-26(22-28)15-14-24-8-3-4-10-29(24)30)42-37(41-35)32-19-20-39-38-34(32)31-11-5-6-12-33(31)43-38/h1-22H. The molecule has 0 radical (unpaired) electrons. The van der Waals surface area contributed by atoms with Crippen LogP contribution in [0.1, 0.15) is 0 Å². The van der Waals surface area contributed by atoms with Crippen molar-refractivity contribution in [2.24, 2.45) is 0 Å². The summed E-state index contributed by atoms with van der Waals surface area (Å²) < 4.78 is 6.09. The van der Waals surface area contributed by atoms with E-state index in [9.17, 15) is 0 Å². The number of aromatic nitrogens is 4. The molecular formula is C38H22N4O. The molecule has 0 aliphatic carbocycles. The zero-order valence-electron chi connectivity index (χ0n) is 22.9. The molecule has 3 heterocycles. The van der Waals surface area contributed by atoms with Crippen LogP contribution in [-0.4, -0.2) is 19.9 Å². The second-order valence-electron chi connectivity index (χ2n) is 10.7. The molecule has 200 valence electrons. The van der Waals surface area contributed by atoms with Gasteiger partial charge in [-0.1, -0.05) is 103 Å². The van der Waals surface area contributed by atoms with Crippen molar-refractivity contribution in [2.45, 2.75) is 0 Å². The van der Waals surface area contributed by atoms with Crippen molar-refractivity contribution >= 4 is 54.4 Å². The molecule has 0 saturated heterocycles. The van der Waals surface area contributed by atoms with E-state index in [-0.39, 0.29) is 0 Å². The van der Waals surface area contributed by atoms with E-state index >= 15 is 0 Å². The van der Waals surface area contributed by atoms with Crippen LogP contribution in [0.15, 0.2) is 138 Å². The van der Waals surface area contributed by atoms with Crippen molar-refractivity contribution < 1.29 is 4.42 Å². The summed E-state index contributed by atoms with van der Waals surface area (Å²) in [5.74, 6) is 1.80. The molecule has 0 aliphatic rings. The van der Waals surface area contributed by atoms with Crippen LogP contribution in [0.2, 0.25) is 0 Å². The maximum absolute atomic E-state index is 6.09. The molecule has 43 heavy (non-hydrogen) atoms. The van der Waals surface area contributed by atoms with E-state index in [1.54, 1.807) is 6.20 Å². The predicted molar refractivity (Wildman–Crippen MR) is 174 cm³/mol. The first-order chi connectivity index (χ1) is 21.3. The highest BCUT2D eigenvalue weighted by Crippen LogP contribution is 2.36. The van der Waals surface area contributed by atoms with Gasteiger partial charge >= 0.3 is 0 Å². The third-order valence-corrected chi connectivity index (χ3v) is 8.17. The zero-order chi connectivity index (χ0) is 28.3. The Labute approximate surface area is 246 Å². The fourth-order valence-electron chi connectivity index (χ4n) is 6.07. The lowest BCUT2D eigenvalue weighted by molar-refractivity contribution is 0.654. The molecule has 5 heteroatoms. The van der Waals surface area contributed by atoms with Gasteiger partial charge in [-0.2, -0.15) is 0 Å². The summed E-state index contributed by atoms with van der Waals surface area (Å²) in [6.07, 6.45) is 1.75. The Hall–Kier alpha value is -5.94. The Morgan fingerprint density at radius 2 is 1.05 bits per heavy atom. The van der Waals surface area contributed by atoms with Gasteiger partial charge in [-0.3, -0.25) is 0 Å². The number of nitrogens with zero attached hydrogens (tertiary/aromatic N) is 4. The topological polar surface area (TPSA) is 64.7 Å². The average Bonchev–Trinajstić information content (AvgIpc) is 3.46. The van der Waals surface area contributed by atoms with E-state index in [4.69, 9.17) is 19.4 Å². The van der Waals surface area contributed by atoms with Gasteiger partial charge in [0.2, 0.25) is 5.71 Å². The molecule has 0 unspecified atom stereocenters. The van der Waals surface area contributed by atoms with Gasteiger partial charge in [0, 0.05) is 28.3 Å². The minimum absolute atomic E-state index is 0.561. The van der Waals surface area contributed by atoms with Crippen LogP contribution in [0.3, 0.4) is 0 Å². The lowest BCUT2D eigenvalue weighted by Crippen LogP contribution is -2.00. The lowest BCUT2D eigenvalue weighted by Gasteiger charge is -2.11. The van der Waals surface area contributed by atoms with Crippen LogP contribution in [-0.2, 0) is 0 Å². The van der Waals surface area contributed by atoms with E-state index in [0.29, 0.717) is 23.2 Å². The third kappa shape index (κ3) is 3.86. The molecule has 0 amide bonds. The Morgan fingerprint density at radius 3 is 1.91 bits per heavy atom. The summed E-state index contributed by atoms with van der Waals surface area (Å²) >= 11 is 0. The fraction of sp³-hybridized carbons (Fsp3) is 0. The van der Waals surface area contributed by atoms with Gasteiger partial charge in [-0.15, -0.1) is 0 Å². The van der Waals surface area contributed by atoms with E-state index in [1.807, 2.05) is 42.5 Å². The largest absolute Gasteiger partial charge is 0.438 e. The highest BCUT2D eigenvalue weighted by atomic mass is 16.3. The summed E-state index contributed by atoms with van der Waals surface area (Å²) in [4.78, 5) is 19.7. The normalized spacial score (nSPS) is 11.7. The highest BCUT2D eigenvalue weighted by Gasteiger charge is 2.18. The van der Waals surface area contributed by atoms with Gasteiger partial charge in [0.25, 0.3) is 0 Å². The van der Waals surface area contributed by atoms with Crippen LogP contribution in [0, 0.1) is 0 Å². The number of benzene rings is 6. The number of rotatable bonds is 3. The van der Waals surface area contributed by atoms with Crippen molar-refractivity contribution in [3.05, 3.63) is 134 Å². The van der Waals surface area contributed by atoms with Gasteiger partial charge in [0.1, 0.15) is 5.58 Å². The first-order valence-electron chi connectivity index (χ1n) is 14.2. The zero-order valence-corrected chi connectivity index (χ0v) is 22.9. The van der Waals surface area contributed by atoms with Crippen LogP contribution >= 0.6 is 0 Å². The molecule has 5 nitrogen and oxygen atoms in total. The smallest absolute Gasteiger partial charge is 0.228 e. The molecule has 0 N–H and O–H groups in total. The minimum Gasteiger partial charge on any atom is -0.438 e. The second kappa shape index (κ2) is 9.29. The summed E-state index contributed by atoms with van der Waals surface area (Å²) in [6.45, 7) is 0. The molecule has 0 spiro atoms. The number of para-hydroxylation sites is 1. The van der Waals surface area contributed by atoms with Gasteiger partial charge in [-0.25, -0.2) is 19.9 Å². The molecule has 0 atom stereocenters. The van der Waals surface area contributed by atoms with Crippen molar-refractivity contribution in [1.29, 1.82) is 0 Å². The summed E-state index contributed by atoms with van der Waals surface area (Å²) in [5.41, 5.74) is 4.05. The van der Waals surface area contributed by atoms with Crippen molar-refractivity contribution in [1.82, 2.24) is 19.9 Å². The van der Waals surface area contributed by atoms with Crippen LogP contribution in [0.5, 0.6) is 0 Å². The van der Waals surface area contributed by atoms with Gasteiger partial charge in [0.05, 0.1) is 5.39 Å². The number of hydrogen-bond acceptors (Lipinski definition) is 5. The van der Waals surface area contributed by atoms with Crippen molar-refractivity contribution in [3.8, 4) is 34.2 Å². The maximum atomic E-state index is 6.09. The number of fused-ring (bicyclic) bond motifs is 7. The van der Waals surface area contributed by atoms with Crippen molar-refractivity contribution in [2.75, 3.05) is 0 Å². The fourth-order valence-corrected chi connectivity index (χ4v) is 6.07. The molecule has 0 aliphatic heterocycles. The van der Waals surface area contributed by atoms with Gasteiger partial charge in [0.15, 0.2) is 17.5 Å². The molecule has 9 rings (SSSR count). The van der Waals surface area contributed by atoms with E-state index in [0.717, 1.165) is 43.8 Å². The SMILES string of the molecule is c1ccc2cc(-c3nc(-c4ccc5c(ccc6ccccc65)c4)nc(-c4ccnc5oc6ccccc6c45)n3)ccc2c1. The number of furan rings is 1. The Bertz CT molecular complexity index is 2530. The number of pyridine rings is 1. The van der Waals surface area contributed by atoms with E-state index in [1.165, 1.54) is 21.5 Å². The first-order valence-corrected chi connectivity index (χ1v) is 14.2. The van der Waals surface area contributed by atoms with Gasteiger partial charge < -0.3 is 4.42 Å². The quantitative estimate of drug-likeness (QED) is 0.205. The Balaban J connectivity index is 1.30. The second-order valence-corrected chi connectivity index (χ2v) is 10.7. The monoisotopic (exact) mass is 550 g/mol. The van der Waals surface area contributed by atoms with Crippen LogP contribution in [0.25, 0.3) is 88.5 Å². The molecule has 0 saturated carbocycles. The molecule has 9 aromatic rings. The maximum Gasteiger partial charge on any atom is 0.228 e. The lowest BCUT2D eigenvalue weighted by atomic mass is 10.00. The van der Waals surface area contributed by atoms with Crippen LogP contribution in [0.4, 0.5) is 0 Å². The Kier molecular flexibility index (Phi) is 5.13. The molecular weight excluding hydrogens is 528 g/mol. The van der Waals surface area contributed by atoms with E-state index in [2.05, 4.69) is 89.9 Å². The third-order valence-electron chi connectivity index (χ3n) is 8.17.